The van der Waals surface area contributed by atoms with Crippen LogP contribution in [-0.4, -0.2) is 53.9 Å². The lowest BCUT2D eigenvalue weighted by Gasteiger charge is -2.25. The molecule has 2 aliphatic heterocycles. The molecule has 1 amide bonds. The number of fused-ring (bicyclic) bond motifs is 1. The van der Waals surface area contributed by atoms with Gasteiger partial charge < -0.3 is 29.3 Å². The van der Waals surface area contributed by atoms with Gasteiger partial charge >= 0.3 is 0 Å². The number of aliphatic hydroxyl groups is 1. The van der Waals surface area contributed by atoms with E-state index in [1.165, 1.54) is 24.1 Å². The normalized spacial score (nSPS) is 19.8. The highest BCUT2D eigenvalue weighted by molar-refractivity contribution is 6.46. The van der Waals surface area contributed by atoms with Crippen LogP contribution in [0.2, 0.25) is 0 Å². The summed E-state index contributed by atoms with van der Waals surface area (Å²) in [5.74, 6) is -0.768. The van der Waals surface area contributed by atoms with Gasteiger partial charge in [-0.1, -0.05) is 12.1 Å². The van der Waals surface area contributed by atoms with E-state index >= 15 is 0 Å². The lowest BCUT2D eigenvalue weighted by Crippen LogP contribution is -2.32. The highest BCUT2D eigenvalue weighted by atomic mass is 16.7. The molecule has 0 saturated carbocycles. The van der Waals surface area contributed by atoms with E-state index < -0.39 is 17.7 Å². The van der Waals surface area contributed by atoms with Crippen molar-refractivity contribution in [1.82, 2.24) is 4.90 Å². The van der Waals surface area contributed by atoms with Crippen LogP contribution in [0.3, 0.4) is 0 Å². The first-order valence-corrected chi connectivity index (χ1v) is 8.97. The molecule has 8 nitrogen and oxygen atoms in total. The fourth-order valence-electron chi connectivity index (χ4n) is 3.50. The number of phenolic OH excluding ortho intramolecular Hbond substituents is 1. The Hall–Kier alpha value is -3.52. The smallest absolute Gasteiger partial charge is 0.295 e. The molecule has 1 atom stereocenters. The maximum absolute atomic E-state index is 12.8. The Morgan fingerprint density at radius 1 is 1.14 bits per heavy atom. The van der Waals surface area contributed by atoms with Crippen molar-refractivity contribution in [1.29, 1.82) is 0 Å². The number of Topliss-reactive ketones (excluding diaryl/α,β-unsaturated/α-hetero) is 1. The Morgan fingerprint density at radius 3 is 2.59 bits per heavy atom. The van der Waals surface area contributed by atoms with E-state index in [2.05, 4.69) is 0 Å². The van der Waals surface area contributed by atoms with Crippen molar-refractivity contribution in [3.63, 3.8) is 0 Å². The van der Waals surface area contributed by atoms with Gasteiger partial charge in [-0.3, -0.25) is 9.59 Å². The van der Waals surface area contributed by atoms with E-state index in [0.717, 1.165) is 0 Å². The van der Waals surface area contributed by atoms with E-state index in [1.807, 2.05) is 0 Å². The topological polar surface area (TPSA) is 106 Å². The van der Waals surface area contributed by atoms with Crippen LogP contribution in [0.15, 0.2) is 48.0 Å². The molecule has 1 fully saturated rings. The fourth-order valence-corrected chi connectivity index (χ4v) is 3.50. The molecule has 0 bridgehead atoms. The molecule has 150 valence electrons. The highest BCUT2D eigenvalue weighted by Gasteiger charge is 2.45. The first kappa shape index (κ1) is 18.8. The van der Waals surface area contributed by atoms with Crippen molar-refractivity contribution >= 4 is 17.4 Å². The van der Waals surface area contributed by atoms with E-state index in [9.17, 15) is 19.8 Å². The number of methoxy groups -OCH3 is 1. The van der Waals surface area contributed by atoms with Gasteiger partial charge in [-0.2, -0.15) is 0 Å². The minimum absolute atomic E-state index is 0.0318. The van der Waals surface area contributed by atoms with Crippen LogP contribution in [0.1, 0.15) is 17.2 Å². The third-order valence-electron chi connectivity index (χ3n) is 4.93. The number of amides is 1. The molecule has 4 rings (SSSR count). The lowest BCUT2D eigenvalue weighted by atomic mass is 9.95. The number of nitrogens with zero attached hydrogens (tertiary/aromatic N) is 1. The number of hydrogen-bond acceptors (Lipinski definition) is 7. The number of ether oxygens (including phenoxy) is 3. The third kappa shape index (κ3) is 3.27. The summed E-state index contributed by atoms with van der Waals surface area (Å²) in [6.45, 7) is 0.477. The van der Waals surface area contributed by atoms with E-state index in [0.29, 0.717) is 22.6 Å². The van der Waals surface area contributed by atoms with Gasteiger partial charge in [0.15, 0.2) is 11.5 Å². The first-order chi connectivity index (χ1) is 14.0. The molecule has 2 N–H and O–H groups in total. The number of phenols is 1. The summed E-state index contributed by atoms with van der Waals surface area (Å²) in [5.41, 5.74) is 0.888. The van der Waals surface area contributed by atoms with E-state index in [4.69, 9.17) is 14.2 Å². The summed E-state index contributed by atoms with van der Waals surface area (Å²) < 4.78 is 15.7. The van der Waals surface area contributed by atoms with Gasteiger partial charge in [-0.15, -0.1) is 0 Å². The Labute approximate surface area is 166 Å². The standard InChI is InChI=1S/C21H19NO7/c1-27-9-8-22-18(12-2-5-14(23)6-3-12)17(20(25)21(22)26)19(24)13-4-7-15-16(10-13)29-11-28-15/h2-7,10,18,23-24H,8-9,11H2,1H3/b19-17-. The van der Waals surface area contributed by atoms with Gasteiger partial charge in [-0.05, 0) is 35.9 Å². The molecule has 0 aromatic heterocycles. The molecule has 0 aliphatic carbocycles. The largest absolute Gasteiger partial charge is 0.508 e. The molecule has 2 aliphatic rings. The van der Waals surface area contributed by atoms with Crippen molar-refractivity contribution in [2.75, 3.05) is 27.1 Å². The molecule has 0 radical (unpaired) electrons. The minimum atomic E-state index is -0.809. The van der Waals surface area contributed by atoms with Crippen LogP contribution < -0.4 is 9.47 Å². The molecular weight excluding hydrogens is 378 g/mol. The van der Waals surface area contributed by atoms with Crippen molar-refractivity contribution in [2.45, 2.75) is 6.04 Å². The predicted molar refractivity (Wildman–Crippen MR) is 102 cm³/mol. The lowest BCUT2D eigenvalue weighted by molar-refractivity contribution is -0.140. The van der Waals surface area contributed by atoms with Crippen molar-refractivity contribution in [3.05, 3.63) is 59.2 Å². The summed E-state index contributed by atoms with van der Waals surface area (Å²) in [7, 11) is 1.50. The number of rotatable bonds is 5. The molecule has 2 aromatic carbocycles. The molecule has 1 saturated heterocycles. The second-order valence-corrected chi connectivity index (χ2v) is 6.64. The first-order valence-electron chi connectivity index (χ1n) is 8.97. The van der Waals surface area contributed by atoms with Gasteiger partial charge in [0.1, 0.15) is 11.5 Å². The molecule has 1 unspecified atom stereocenters. The number of likely N-dealkylation sites (tertiary alicyclic amines) is 1. The van der Waals surface area contributed by atoms with Gasteiger partial charge in [0.05, 0.1) is 18.2 Å². The Bertz CT molecular complexity index is 997. The summed E-state index contributed by atoms with van der Waals surface area (Å²) >= 11 is 0. The summed E-state index contributed by atoms with van der Waals surface area (Å²) in [4.78, 5) is 26.9. The van der Waals surface area contributed by atoms with Crippen LogP contribution in [0.4, 0.5) is 0 Å². The number of hydrogen-bond donors (Lipinski definition) is 2. The third-order valence-corrected chi connectivity index (χ3v) is 4.93. The van der Waals surface area contributed by atoms with Crippen LogP contribution in [0.25, 0.3) is 5.76 Å². The number of benzene rings is 2. The SMILES string of the molecule is COCCN1C(=O)C(=O)/C(=C(\O)c2ccc3c(c2)OCO3)C1c1ccc(O)cc1. The molecule has 8 heteroatoms. The second kappa shape index (κ2) is 7.48. The average Bonchev–Trinajstić information content (AvgIpc) is 3.29. The van der Waals surface area contributed by atoms with E-state index in [-0.39, 0.29) is 37.0 Å². The minimum Gasteiger partial charge on any atom is -0.508 e. The van der Waals surface area contributed by atoms with Crippen LogP contribution >= 0.6 is 0 Å². The summed E-state index contributed by atoms with van der Waals surface area (Å²) in [5, 5.41) is 20.6. The quantitative estimate of drug-likeness (QED) is 0.453. The molecule has 0 spiro atoms. The zero-order chi connectivity index (χ0) is 20.5. The Morgan fingerprint density at radius 2 is 1.86 bits per heavy atom. The Kier molecular flexibility index (Phi) is 4.85. The maximum Gasteiger partial charge on any atom is 0.295 e. The monoisotopic (exact) mass is 397 g/mol. The van der Waals surface area contributed by atoms with Crippen molar-refractivity contribution in [2.24, 2.45) is 0 Å². The zero-order valence-electron chi connectivity index (χ0n) is 15.6. The summed E-state index contributed by atoms with van der Waals surface area (Å²) in [6.07, 6.45) is 0. The van der Waals surface area contributed by atoms with Crippen LogP contribution in [0.5, 0.6) is 17.2 Å². The molecular formula is C21H19NO7. The van der Waals surface area contributed by atoms with Crippen molar-refractivity contribution in [3.8, 4) is 17.2 Å². The van der Waals surface area contributed by atoms with Crippen LogP contribution in [-0.2, 0) is 14.3 Å². The highest BCUT2D eigenvalue weighted by Crippen LogP contribution is 2.41. The number of ketones is 1. The number of aromatic hydroxyl groups is 1. The number of aliphatic hydroxyl groups excluding tert-OH is 1. The second-order valence-electron chi connectivity index (χ2n) is 6.64. The Balaban J connectivity index is 1.83. The van der Waals surface area contributed by atoms with Crippen LogP contribution in [0, 0.1) is 0 Å². The number of carbonyl (C=O) groups excluding carboxylic acids is 2. The van der Waals surface area contributed by atoms with Gasteiger partial charge in [-0.25, -0.2) is 0 Å². The number of carbonyl (C=O) groups is 2. The van der Waals surface area contributed by atoms with E-state index in [1.54, 1.807) is 30.3 Å². The predicted octanol–water partition coefficient (Wildman–Crippen LogP) is 2.19. The molecule has 2 aromatic rings. The van der Waals surface area contributed by atoms with Gasteiger partial charge in [0.2, 0.25) is 6.79 Å². The van der Waals surface area contributed by atoms with Crippen molar-refractivity contribution < 1.29 is 34.0 Å². The van der Waals surface area contributed by atoms with Gasteiger partial charge in [0, 0.05) is 19.2 Å². The fraction of sp³-hybridized carbons (Fsp3) is 0.238. The average molecular weight is 397 g/mol. The van der Waals surface area contributed by atoms with Gasteiger partial charge in [0.25, 0.3) is 11.7 Å². The summed E-state index contributed by atoms with van der Waals surface area (Å²) in [6, 6.07) is 10.1. The zero-order valence-corrected chi connectivity index (χ0v) is 15.6. The molecule has 2 heterocycles. The molecule has 29 heavy (non-hydrogen) atoms. The maximum atomic E-state index is 12.8.